The highest BCUT2D eigenvalue weighted by Gasteiger charge is 2.11. The first-order valence-corrected chi connectivity index (χ1v) is 5.95. The van der Waals surface area contributed by atoms with Crippen LogP contribution in [0.1, 0.15) is 12.0 Å². The van der Waals surface area contributed by atoms with E-state index in [1.54, 1.807) is 0 Å². The minimum absolute atomic E-state index is 0.00406. The van der Waals surface area contributed by atoms with Gasteiger partial charge in [0.2, 0.25) is 0 Å². The van der Waals surface area contributed by atoms with E-state index in [0.29, 0.717) is 25.9 Å². The molecule has 0 saturated carbocycles. The second kappa shape index (κ2) is 8.25. The molecule has 0 saturated heterocycles. The molecule has 0 aliphatic carbocycles. The molecule has 18 heavy (non-hydrogen) atoms. The van der Waals surface area contributed by atoms with Gasteiger partial charge in [-0.3, -0.25) is 9.59 Å². The van der Waals surface area contributed by atoms with Crippen LogP contribution in [0.3, 0.4) is 0 Å². The Hall–Kier alpha value is -1.88. The number of carbonyl (C=O) groups excluding carboxylic acids is 2. The predicted octanol–water partition coefficient (Wildman–Crippen LogP) is -0.156. The third kappa shape index (κ3) is 5.45. The van der Waals surface area contributed by atoms with Crippen molar-refractivity contribution < 1.29 is 14.7 Å². The molecule has 0 radical (unpaired) electrons. The average molecular weight is 250 g/mol. The molecule has 0 aliphatic heterocycles. The van der Waals surface area contributed by atoms with Crippen LogP contribution in [0.2, 0.25) is 0 Å². The lowest BCUT2D eigenvalue weighted by atomic mass is 10.1. The number of amides is 2. The molecule has 5 nitrogen and oxygen atoms in total. The molecule has 5 heteroatoms. The van der Waals surface area contributed by atoms with E-state index in [0.717, 1.165) is 5.56 Å². The average Bonchev–Trinajstić information content (AvgIpc) is 2.40. The van der Waals surface area contributed by atoms with E-state index in [1.807, 2.05) is 30.3 Å². The topological polar surface area (TPSA) is 78.4 Å². The number of aliphatic hydroxyl groups excluding tert-OH is 1. The lowest BCUT2D eigenvalue weighted by molar-refractivity contribution is -0.139. The van der Waals surface area contributed by atoms with Crippen LogP contribution in [0.15, 0.2) is 30.3 Å². The Bertz CT molecular complexity index is 379. The Morgan fingerprint density at radius 1 is 1.00 bits per heavy atom. The summed E-state index contributed by atoms with van der Waals surface area (Å²) in [4.78, 5) is 22.6. The Labute approximate surface area is 106 Å². The first kappa shape index (κ1) is 14.2. The van der Waals surface area contributed by atoms with Crippen LogP contribution < -0.4 is 10.6 Å². The van der Waals surface area contributed by atoms with Gasteiger partial charge in [-0.15, -0.1) is 0 Å². The Morgan fingerprint density at radius 2 is 1.61 bits per heavy atom. The van der Waals surface area contributed by atoms with Gasteiger partial charge in [-0.05, 0) is 18.4 Å². The molecule has 0 spiro atoms. The summed E-state index contributed by atoms with van der Waals surface area (Å²) >= 11 is 0. The normalized spacial score (nSPS) is 9.83. The van der Waals surface area contributed by atoms with Crippen molar-refractivity contribution in [1.82, 2.24) is 10.6 Å². The van der Waals surface area contributed by atoms with Gasteiger partial charge in [-0.1, -0.05) is 30.3 Å². The van der Waals surface area contributed by atoms with Gasteiger partial charge in [0, 0.05) is 19.7 Å². The van der Waals surface area contributed by atoms with E-state index in [-0.39, 0.29) is 6.61 Å². The molecule has 0 aromatic heterocycles. The van der Waals surface area contributed by atoms with Crippen LogP contribution >= 0.6 is 0 Å². The molecular weight excluding hydrogens is 232 g/mol. The molecule has 1 aromatic rings. The van der Waals surface area contributed by atoms with E-state index in [1.165, 1.54) is 0 Å². The number of hydrogen-bond acceptors (Lipinski definition) is 3. The van der Waals surface area contributed by atoms with E-state index < -0.39 is 11.8 Å². The van der Waals surface area contributed by atoms with E-state index in [9.17, 15) is 9.59 Å². The van der Waals surface area contributed by atoms with Gasteiger partial charge in [-0.25, -0.2) is 0 Å². The van der Waals surface area contributed by atoms with Gasteiger partial charge < -0.3 is 15.7 Å². The van der Waals surface area contributed by atoms with Crippen LogP contribution in [-0.2, 0) is 16.0 Å². The first-order chi connectivity index (χ1) is 8.74. The summed E-state index contributed by atoms with van der Waals surface area (Å²) in [5, 5.41) is 13.5. The summed E-state index contributed by atoms with van der Waals surface area (Å²) < 4.78 is 0. The first-order valence-electron chi connectivity index (χ1n) is 5.95. The van der Waals surface area contributed by atoms with Gasteiger partial charge >= 0.3 is 11.8 Å². The summed E-state index contributed by atoms with van der Waals surface area (Å²) in [7, 11) is 0. The molecule has 0 fully saturated rings. The number of hydrogen-bond donors (Lipinski definition) is 3. The maximum Gasteiger partial charge on any atom is 0.309 e. The molecule has 0 atom stereocenters. The maximum absolute atomic E-state index is 11.3. The SMILES string of the molecule is O=C(NCCCO)C(=O)NCCc1ccccc1. The van der Waals surface area contributed by atoms with Crippen molar-refractivity contribution in [3.63, 3.8) is 0 Å². The molecular formula is C13H18N2O3. The zero-order valence-corrected chi connectivity index (χ0v) is 10.2. The third-order valence-electron chi connectivity index (χ3n) is 2.37. The quantitative estimate of drug-likeness (QED) is 0.485. The number of carbonyl (C=O) groups is 2. The van der Waals surface area contributed by atoms with Crippen molar-refractivity contribution in [1.29, 1.82) is 0 Å². The minimum Gasteiger partial charge on any atom is -0.396 e. The summed E-state index contributed by atoms with van der Waals surface area (Å²) in [6.45, 7) is 0.730. The van der Waals surface area contributed by atoms with Crippen LogP contribution in [0.25, 0.3) is 0 Å². The molecule has 1 aromatic carbocycles. The van der Waals surface area contributed by atoms with Crippen molar-refractivity contribution in [3.8, 4) is 0 Å². The van der Waals surface area contributed by atoms with Gasteiger partial charge in [0.15, 0.2) is 0 Å². The third-order valence-corrected chi connectivity index (χ3v) is 2.37. The molecule has 0 aliphatic rings. The van der Waals surface area contributed by atoms with Crippen molar-refractivity contribution in [2.45, 2.75) is 12.8 Å². The number of benzene rings is 1. The van der Waals surface area contributed by atoms with Crippen molar-refractivity contribution in [2.24, 2.45) is 0 Å². The monoisotopic (exact) mass is 250 g/mol. The highest BCUT2D eigenvalue weighted by molar-refractivity contribution is 6.35. The van der Waals surface area contributed by atoms with Crippen molar-refractivity contribution in [2.75, 3.05) is 19.7 Å². The molecule has 0 heterocycles. The van der Waals surface area contributed by atoms with Gasteiger partial charge in [-0.2, -0.15) is 0 Å². The van der Waals surface area contributed by atoms with E-state index >= 15 is 0 Å². The smallest absolute Gasteiger partial charge is 0.309 e. The summed E-state index contributed by atoms with van der Waals surface area (Å²) in [5.74, 6) is -1.29. The Morgan fingerprint density at radius 3 is 2.22 bits per heavy atom. The number of aliphatic hydroxyl groups is 1. The highest BCUT2D eigenvalue weighted by atomic mass is 16.3. The summed E-state index contributed by atoms with van der Waals surface area (Å²) in [6.07, 6.45) is 1.14. The summed E-state index contributed by atoms with van der Waals surface area (Å²) in [5.41, 5.74) is 1.11. The van der Waals surface area contributed by atoms with Crippen LogP contribution in [0, 0.1) is 0 Å². The van der Waals surface area contributed by atoms with Crippen LogP contribution in [0.4, 0.5) is 0 Å². The van der Waals surface area contributed by atoms with Crippen molar-refractivity contribution in [3.05, 3.63) is 35.9 Å². The number of nitrogens with one attached hydrogen (secondary N) is 2. The van der Waals surface area contributed by atoms with E-state index in [2.05, 4.69) is 10.6 Å². The Balaban J connectivity index is 2.18. The zero-order valence-electron chi connectivity index (χ0n) is 10.2. The second-order valence-electron chi connectivity index (χ2n) is 3.82. The fraction of sp³-hybridized carbons (Fsp3) is 0.385. The van der Waals surface area contributed by atoms with Gasteiger partial charge in [0.1, 0.15) is 0 Å². The van der Waals surface area contributed by atoms with Gasteiger partial charge in [0.25, 0.3) is 0 Å². The van der Waals surface area contributed by atoms with Crippen LogP contribution in [0.5, 0.6) is 0 Å². The molecule has 2 amide bonds. The molecule has 1 rings (SSSR count). The van der Waals surface area contributed by atoms with Gasteiger partial charge in [0.05, 0.1) is 0 Å². The molecule has 0 bridgehead atoms. The molecule has 98 valence electrons. The molecule has 0 unspecified atom stereocenters. The van der Waals surface area contributed by atoms with E-state index in [4.69, 9.17) is 5.11 Å². The largest absolute Gasteiger partial charge is 0.396 e. The summed E-state index contributed by atoms with van der Waals surface area (Å²) in [6, 6.07) is 9.72. The highest BCUT2D eigenvalue weighted by Crippen LogP contribution is 1.97. The predicted molar refractivity (Wildman–Crippen MR) is 67.9 cm³/mol. The van der Waals surface area contributed by atoms with Crippen LogP contribution in [-0.4, -0.2) is 36.6 Å². The zero-order chi connectivity index (χ0) is 13.2. The fourth-order valence-corrected chi connectivity index (χ4v) is 1.41. The minimum atomic E-state index is -0.656. The Kier molecular flexibility index (Phi) is 6.50. The fourth-order valence-electron chi connectivity index (χ4n) is 1.41. The molecule has 3 N–H and O–H groups in total. The van der Waals surface area contributed by atoms with Crippen molar-refractivity contribution >= 4 is 11.8 Å². The second-order valence-corrected chi connectivity index (χ2v) is 3.82. The number of rotatable bonds is 6. The maximum atomic E-state index is 11.3. The standard InChI is InChI=1S/C13H18N2O3/c16-10-4-8-14-12(17)13(18)15-9-7-11-5-2-1-3-6-11/h1-3,5-6,16H,4,7-10H2,(H,14,17)(H,15,18). The lowest BCUT2D eigenvalue weighted by Crippen LogP contribution is -2.41. The lowest BCUT2D eigenvalue weighted by Gasteiger charge is -2.05.